The van der Waals surface area contributed by atoms with Crippen LogP contribution in [-0.4, -0.2) is 61.4 Å². The molecule has 2 N–H and O–H groups in total. The van der Waals surface area contributed by atoms with Crippen LogP contribution < -0.4 is 15.5 Å². The van der Waals surface area contributed by atoms with Gasteiger partial charge in [0, 0.05) is 50.0 Å². The van der Waals surface area contributed by atoms with Crippen molar-refractivity contribution in [3.8, 4) is 5.75 Å². The highest BCUT2D eigenvalue weighted by molar-refractivity contribution is 5.94. The lowest BCUT2D eigenvalue weighted by Gasteiger charge is -2.22. The van der Waals surface area contributed by atoms with E-state index in [4.69, 9.17) is 14.3 Å². The summed E-state index contributed by atoms with van der Waals surface area (Å²) in [5.74, 6) is 0.531. The minimum absolute atomic E-state index is 0.0792. The molecule has 0 bridgehead atoms. The maximum Gasteiger partial charge on any atom is 0.250 e. The number of carbonyl (C=O) groups is 2. The van der Waals surface area contributed by atoms with Crippen molar-refractivity contribution in [2.24, 2.45) is 0 Å². The van der Waals surface area contributed by atoms with Gasteiger partial charge in [0.1, 0.15) is 12.4 Å². The zero-order valence-corrected chi connectivity index (χ0v) is 23.3. The number of fused-ring (bicyclic) bond motifs is 1. The number of nitrogens with one attached hydrogen (secondary N) is 2. The minimum atomic E-state index is -0.346. The first-order valence-electron chi connectivity index (χ1n) is 14.4. The van der Waals surface area contributed by atoms with Crippen molar-refractivity contribution in [3.63, 3.8) is 0 Å². The molecule has 8 heteroatoms. The quantitative estimate of drug-likeness (QED) is 0.215. The maximum atomic E-state index is 13.3. The van der Waals surface area contributed by atoms with E-state index in [-0.39, 0.29) is 30.8 Å². The van der Waals surface area contributed by atoms with Crippen LogP contribution in [0.2, 0.25) is 0 Å². The third-order valence-electron chi connectivity index (χ3n) is 7.40. The highest BCUT2D eigenvalue weighted by Gasteiger charge is 2.26. The largest absolute Gasteiger partial charge is 0.488 e. The lowest BCUT2D eigenvalue weighted by atomic mass is 10.1. The summed E-state index contributed by atoms with van der Waals surface area (Å²) in [6.45, 7) is 7.09. The number of hydrogen-bond donors (Lipinski definition) is 2. The molecule has 4 rings (SSSR count). The standard InChI is InChI=1S/C31H43N3O5/c1-23(2)34-19-18-26(21-34)32-31(36)25(22-38-28-15-10-13-24-11-6-7-14-27(24)28)12-4-3-5-16-29(35)33-39-30-17-8-9-20-37-30/h6-7,10-15,23,26,30H,3-5,8-9,16-22H2,1-2H3,(H,32,36)(H,33,35). The molecule has 2 atom stereocenters. The predicted octanol–water partition coefficient (Wildman–Crippen LogP) is 4.88. The molecule has 2 aromatic carbocycles. The van der Waals surface area contributed by atoms with Crippen molar-refractivity contribution in [2.45, 2.75) is 83.6 Å². The number of ether oxygens (including phenoxy) is 2. The molecule has 2 fully saturated rings. The van der Waals surface area contributed by atoms with Crippen LogP contribution in [0.4, 0.5) is 0 Å². The van der Waals surface area contributed by atoms with E-state index in [9.17, 15) is 9.59 Å². The fourth-order valence-corrected chi connectivity index (χ4v) is 5.04. The second-order valence-electron chi connectivity index (χ2n) is 10.7. The maximum absolute atomic E-state index is 13.3. The summed E-state index contributed by atoms with van der Waals surface area (Å²) in [4.78, 5) is 33.2. The molecule has 0 saturated carbocycles. The van der Waals surface area contributed by atoms with Crippen LogP contribution in [0, 0.1) is 0 Å². The highest BCUT2D eigenvalue weighted by atomic mass is 16.8. The lowest BCUT2D eigenvalue weighted by Crippen LogP contribution is -2.39. The number of likely N-dealkylation sites (tertiary alicyclic amines) is 1. The topological polar surface area (TPSA) is 89.1 Å². The van der Waals surface area contributed by atoms with Crippen LogP contribution in [0.3, 0.4) is 0 Å². The van der Waals surface area contributed by atoms with Gasteiger partial charge in [0.2, 0.25) is 5.91 Å². The Morgan fingerprint density at radius 2 is 1.95 bits per heavy atom. The molecular formula is C31H43N3O5. The first-order chi connectivity index (χ1) is 19.0. The number of allylic oxidation sites excluding steroid dienone is 1. The van der Waals surface area contributed by atoms with Crippen LogP contribution in [0.25, 0.3) is 10.8 Å². The van der Waals surface area contributed by atoms with Gasteiger partial charge in [0.15, 0.2) is 6.29 Å². The van der Waals surface area contributed by atoms with Crippen LogP contribution in [0.15, 0.2) is 54.1 Å². The molecule has 2 aliphatic rings. The molecule has 0 spiro atoms. The molecule has 2 aliphatic heterocycles. The summed E-state index contributed by atoms with van der Waals surface area (Å²) in [6.07, 6.45) is 7.96. The number of nitrogens with zero attached hydrogens (tertiary/aromatic N) is 1. The van der Waals surface area contributed by atoms with Gasteiger partial charge in [-0.15, -0.1) is 0 Å². The summed E-state index contributed by atoms with van der Waals surface area (Å²) >= 11 is 0. The Morgan fingerprint density at radius 1 is 1.10 bits per heavy atom. The zero-order valence-electron chi connectivity index (χ0n) is 23.3. The number of hydroxylamine groups is 1. The van der Waals surface area contributed by atoms with Gasteiger partial charge in [-0.3, -0.25) is 14.5 Å². The van der Waals surface area contributed by atoms with Crippen LogP contribution in [0.1, 0.15) is 65.2 Å². The molecule has 0 radical (unpaired) electrons. The Kier molecular flexibility index (Phi) is 11.2. The van der Waals surface area contributed by atoms with Crippen LogP contribution >= 0.6 is 0 Å². The Hall–Kier alpha value is -2.94. The summed E-state index contributed by atoms with van der Waals surface area (Å²) in [5.41, 5.74) is 3.13. The molecule has 2 saturated heterocycles. The first kappa shape index (κ1) is 29.1. The molecule has 2 heterocycles. The van der Waals surface area contributed by atoms with Crippen molar-refractivity contribution in [3.05, 3.63) is 54.1 Å². The Labute approximate surface area is 232 Å². The number of unbranched alkanes of at least 4 members (excludes halogenated alkanes) is 2. The fourth-order valence-electron chi connectivity index (χ4n) is 5.04. The predicted molar refractivity (Wildman–Crippen MR) is 152 cm³/mol. The van der Waals surface area contributed by atoms with E-state index in [1.165, 1.54) is 0 Å². The average molecular weight is 538 g/mol. The first-order valence-corrected chi connectivity index (χ1v) is 14.4. The SMILES string of the molecule is CC(C)N1CCC(NC(=O)C(=CCCCCC(=O)NOC2CCCCO2)COc2cccc3ccccc23)C1. The van der Waals surface area contributed by atoms with Crippen LogP contribution in [-0.2, 0) is 19.2 Å². The second kappa shape index (κ2) is 15.0. The molecule has 0 aromatic heterocycles. The van der Waals surface area contributed by atoms with Gasteiger partial charge in [0.05, 0.1) is 5.57 Å². The van der Waals surface area contributed by atoms with E-state index < -0.39 is 0 Å². The number of benzene rings is 2. The second-order valence-corrected chi connectivity index (χ2v) is 10.7. The van der Waals surface area contributed by atoms with Crippen molar-refractivity contribution in [2.75, 3.05) is 26.3 Å². The van der Waals surface area contributed by atoms with Gasteiger partial charge in [-0.25, -0.2) is 10.3 Å². The molecular weight excluding hydrogens is 494 g/mol. The van der Waals surface area contributed by atoms with Gasteiger partial charge in [-0.1, -0.05) is 42.5 Å². The molecule has 8 nitrogen and oxygen atoms in total. The van der Waals surface area contributed by atoms with Crippen molar-refractivity contribution < 1.29 is 23.9 Å². The third-order valence-corrected chi connectivity index (χ3v) is 7.40. The van der Waals surface area contributed by atoms with E-state index in [1.807, 2.05) is 36.4 Å². The van der Waals surface area contributed by atoms with Crippen molar-refractivity contribution in [1.29, 1.82) is 0 Å². The van der Waals surface area contributed by atoms with Gasteiger partial charge in [0.25, 0.3) is 5.91 Å². The summed E-state index contributed by atoms with van der Waals surface area (Å²) in [7, 11) is 0. The molecule has 2 unspecified atom stereocenters. The zero-order chi connectivity index (χ0) is 27.5. The summed E-state index contributed by atoms with van der Waals surface area (Å²) < 4.78 is 11.6. The normalized spacial score (nSPS) is 20.3. The number of hydrogen-bond acceptors (Lipinski definition) is 6. The Balaban J connectivity index is 1.29. The number of rotatable bonds is 13. The van der Waals surface area contributed by atoms with E-state index in [0.29, 0.717) is 37.5 Å². The molecule has 0 aliphatic carbocycles. The Morgan fingerprint density at radius 3 is 2.74 bits per heavy atom. The van der Waals surface area contributed by atoms with E-state index in [1.54, 1.807) is 0 Å². The van der Waals surface area contributed by atoms with Gasteiger partial charge < -0.3 is 14.8 Å². The average Bonchev–Trinajstić information content (AvgIpc) is 3.42. The Bertz CT molecular complexity index is 1110. The monoisotopic (exact) mass is 537 g/mol. The van der Waals surface area contributed by atoms with Crippen molar-refractivity contribution >= 4 is 22.6 Å². The van der Waals surface area contributed by atoms with E-state index in [2.05, 4.69) is 41.7 Å². The lowest BCUT2D eigenvalue weighted by molar-refractivity contribution is -0.200. The molecule has 2 amide bonds. The number of carbonyl (C=O) groups excluding carboxylic acids is 2. The summed E-state index contributed by atoms with van der Waals surface area (Å²) in [5, 5.41) is 5.35. The van der Waals surface area contributed by atoms with Crippen LogP contribution in [0.5, 0.6) is 5.75 Å². The van der Waals surface area contributed by atoms with E-state index >= 15 is 0 Å². The molecule has 39 heavy (non-hydrogen) atoms. The summed E-state index contributed by atoms with van der Waals surface area (Å²) in [6, 6.07) is 14.6. The molecule has 212 valence electrons. The van der Waals surface area contributed by atoms with E-state index in [0.717, 1.165) is 61.7 Å². The van der Waals surface area contributed by atoms with Crippen molar-refractivity contribution in [1.82, 2.24) is 15.7 Å². The smallest absolute Gasteiger partial charge is 0.250 e. The fraction of sp³-hybridized carbons (Fsp3) is 0.548. The molecule has 2 aromatic rings. The highest BCUT2D eigenvalue weighted by Crippen LogP contribution is 2.26. The van der Waals surface area contributed by atoms with Gasteiger partial charge in [-0.2, -0.15) is 0 Å². The van der Waals surface area contributed by atoms with Gasteiger partial charge >= 0.3 is 0 Å². The number of amides is 2. The van der Waals surface area contributed by atoms with Gasteiger partial charge in [-0.05, 0) is 63.8 Å². The third kappa shape index (κ3) is 9.05. The minimum Gasteiger partial charge on any atom is -0.488 e.